The van der Waals surface area contributed by atoms with Crippen LogP contribution in [-0.2, 0) is 4.79 Å². The number of hydrogen-bond acceptors (Lipinski definition) is 4. The van der Waals surface area contributed by atoms with Crippen molar-refractivity contribution in [2.45, 2.75) is 24.1 Å². The largest absolute Gasteiger partial charge is 0.480 e. The minimum absolute atomic E-state index is 0.266. The fourth-order valence-electron chi connectivity index (χ4n) is 0.844. The zero-order valence-corrected chi connectivity index (χ0v) is 8.59. The van der Waals surface area contributed by atoms with E-state index in [1.165, 1.54) is 6.07 Å². The lowest BCUT2D eigenvalue weighted by Gasteiger charge is -2.04. The number of hydrogen-bond donors (Lipinski definition) is 2. The van der Waals surface area contributed by atoms with Gasteiger partial charge >= 0.3 is 5.97 Å². The number of thioether (sulfide) groups is 1. The minimum atomic E-state index is -0.922. The lowest BCUT2D eigenvalue weighted by atomic mass is 10.5. The summed E-state index contributed by atoms with van der Waals surface area (Å²) in [4.78, 5) is 28.0. The van der Waals surface area contributed by atoms with Crippen LogP contribution in [0.1, 0.15) is 12.7 Å². The smallest absolute Gasteiger partial charge is 0.316 e. The Hall–Kier alpha value is -1.30. The highest BCUT2D eigenvalue weighted by Crippen LogP contribution is 2.19. The third kappa shape index (κ3) is 2.88. The van der Waals surface area contributed by atoms with E-state index in [1.807, 2.05) is 0 Å². The number of aryl methyl sites for hydroxylation is 1. The van der Waals surface area contributed by atoms with Crippen LogP contribution in [0, 0.1) is 6.92 Å². The second-order valence-corrected chi connectivity index (χ2v) is 4.13. The van der Waals surface area contributed by atoms with Crippen LogP contribution >= 0.6 is 11.8 Å². The SMILES string of the molecule is Cc1nc(SC(C)C(=O)O)cc(=O)[nH]1. The maximum Gasteiger partial charge on any atom is 0.316 e. The first-order valence-corrected chi connectivity index (χ1v) is 4.84. The lowest BCUT2D eigenvalue weighted by Crippen LogP contribution is -2.14. The monoisotopic (exact) mass is 214 g/mol. The van der Waals surface area contributed by atoms with Crippen molar-refractivity contribution in [1.29, 1.82) is 0 Å². The van der Waals surface area contributed by atoms with Gasteiger partial charge in [-0.2, -0.15) is 0 Å². The number of aromatic nitrogens is 2. The van der Waals surface area contributed by atoms with Gasteiger partial charge in [-0.3, -0.25) is 9.59 Å². The predicted octanol–water partition coefficient (Wildman–Crippen LogP) is 0.644. The molecule has 0 bridgehead atoms. The van der Waals surface area contributed by atoms with Gasteiger partial charge in [0.1, 0.15) is 16.1 Å². The van der Waals surface area contributed by atoms with E-state index in [0.29, 0.717) is 10.9 Å². The first-order chi connectivity index (χ1) is 6.49. The predicted molar refractivity (Wildman–Crippen MR) is 52.5 cm³/mol. The van der Waals surface area contributed by atoms with Crippen molar-refractivity contribution in [3.05, 3.63) is 22.2 Å². The maximum absolute atomic E-state index is 11.0. The van der Waals surface area contributed by atoms with E-state index in [-0.39, 0.29) is 5.56 Å². The van der Waals surface area contributed by atoms with Gasteiger partial charge in [0.05, 0.1) is 0 Å². The summed E-state index contributed by atoms with van der Waals surface area (Å²) < 4.78 is 0. The van der Waals surface area contributed by atoms with Crippen LogP contribution < -0.4 is 5.56 Å². The standard InChI is InChI=1S/C8H10N2O3S/c1-4(8(12)13)14-7-3-6(11)9-5(2)10-7/h3-4H,1-2H3,(H,12,13)(H,9,10,11). The fraction of sp³-hybridized carbons (Fsp3) is 0.375. The van der Waals surface area contributed by atoms with Gasteiger partial charge in [-0.15, -0.1) is 0 Å². The van der Waals surface area contributed by atoms with E-state index in [0.717, 1.165) is 11.8 Å². The summed E-state index contributed by atoms with van der Waals surface area (Å²) in [6.07, 6.45) is 0. The van der Waals surface area contributed by atoms with Gasteiger partial charge in [-0.05, 0) is 13.8 Å². The highest BCUT2D eigenvalue weighted by molar-refractivity contribution is 8.00. The van der Waals surface area contributed by atoms with E-state index >= 15 is 0 Å². The number of carboxylic acid groups (broad SMARTS) is 1. The van der Waals surface area contributed by atoms with Crippen LogP contribution in [0.4, 0.5) is 0 Å². The minimum Gasteiger partial charge on any atom is -0.480 e. The molecule has 0 aliphatic heterocycles. The molecule has 0 fully saturated rings. The van der Waals surface area contributed by atoms with Crippen LogP contribution in [0.5, 0.6) is 0 Å². The molecule has 14 heavy (non-hydrogen) atoms. The Morgan fingerprint density at radius 2 is 2.36 bits per heavy atom. The van der Waals surface area contributed by atoms with Crippen molar-refractivity contribution in [3.8, 4) is 0 Å². The molecule has 1 heterocycles. The summed E-state index contributed by atoms with van der Waals surface area (Å²) in [5.74, 6) is -0.438. The molecule has 0 saturated carbocycles. The number of H-pyrrole nitrogens is 1. The molecule has 76 valence electrons. The van der Waals surface area contributed by atoms with Crippen LogP contribution in [0.2, 0.25) is 0 Å². The zero-order chi connectivity index (χ0) is 10.7. The van der Waals surface area contributed by atoms with Crippen LogP contribution in [0.3, 0.4) is 0 Å². The van der Waals surface area contributed by atoms with E-state index in [2.05, 4.69) is 9.97 Å². The summed E-state index contributed by atoms with van der Waals surface area (Å²) in [5, 5.41) is 8.47. The summed E-state index contributed by atoms with van der Waals surface area (Å²) >= 11 is 1.05. The average Bonchev–Trinajstić information content (AvgIpc) is 2.01. The molecule has 0 radical (unpaired) electrons. The highest BCUT2D eigenvalue weighted by Gasteiger charge is 2.13. The van der Waals surface area contributed by atoms with Gasteiger partial charge in [0.25, 0.3) is 5.56 Å². The van der Waals surface area contributed by atoms with E-state index < -0.39 is 11.2 Å². The highest BCUT2D eigenvalue weighted by atomic mass is 32.2. The molecule has 1 aromatic rings. The topological polar surface area (TPSA) is 83.0 Å². The van der Waals surface area contributed by atoms with E-state index in [4.69, 9.17) is 5.11 Å². The first kappa shape index (κ1) is 10.8. The number of aliphatic carboxylic acids is 1. The van der Waals surface area contributed by atoms with Gasteiger partial charge in [-0.1, -0.05) is 11.8 Å². The van der Waals surface area contributed by atoms with Crippen molar-refractivity contribution in [2.75, 3.05) is 0 Å². The molecule has 0 aliphatic carbocycles. The molecule has 6 heteroatoms. The summed E-state index contributed by atoms with van der Waals surface area (Å²) in [6, 6.07) is 1.29. The maximum atomic E-state index is 11.0. The Morgan fingerprint density at radius 3 is 2.86 bits per heavy atom. The number of carbonyl (C=O) groups is 1. The van der Waals surface area contributed by atoms with Crippen molar-refractivity contribution in [3.63, 3.8) is 0 Å². The van der Waals surface area contributed by atoms with Crippen LogP contribution in [0.25, 0.3) is 0 Å². The molecular formula is C8H10N2O3S. The molecule has 0 amide bonds. The molecule has 0 aromatic carbocycles. The van der Waals surface area contributed by atoms with Crippen molar-refractivity contribution >= 4 is 17.7 Å². The van der Waals surface area contributed by atoms with Gasteiger partial charge in [0, 0.05) is 6.07 Å². The first-order valence-electron chi connectivity index (χ1n) is 3.96. The van der Waals surface area contributed by atoms with Gasteiger partial charge in [-0.25, -0.2) is 4.98 Å². The molecule has 1 rings (SSSR count). The second kappa shape index (κ2) is 4.28. The quantitative estimate of drug-likeness (QED) is 0.570. The molecule has 1 unspecified atom stereocenters. The molecular weight excluding hydrogens is 204 g/mol. The van der Waals surface area contributed by atoms with Gasteiger partial charge in [0.2, 0.25) is 0 Å². The number of rotatable bonds is 3. The third-order valence-corrected chi connectivity index (χ3v) is 2.49. The molecule has 5 nitrogen and oxygen atoms in total. The molecule has 0 spiro atoms. The average molecular weight is 214 g/mol. The zero-order valence-electron chi connectivity index (χ0n) is 7.77. The number of aromatic amines is 1. The van der Waals surface area contributed by atoms with Gasteiger partial charge in [0.15, 0.2) is 0 Å². The Kier molecular flexibility index (Phi) is 3.29. The third-order valence-electron chi connectivity index (χ3n) is 1.48. The Morgan fingerprint density at radius 1 is 1.71 bits per heavy atom. The second-order valence-electron chi connectivity index (χ2n) is 2.77. The fourth-order valence-corrected chi connectivity index (χ4v) is 1.67. The molecule has 0 saturated heterocycles. The van der Waals surface area contributed by atoms with Crippen LogP contribution in [0.15, 0.2) is 15.9 Å². The number of nitrogens with zero attached hydrogens (tertiary/aromatic N) is 1. The Bertz CT molecular complexity index is 402. The van der Waals surface area contributed by atoms with E-state index in [1.54, 1.807) is 13.8 Å². The number of nitrogens with one attached hydrogen (secondary N) is 1. The molecule has 0 aliphatic rings. The van der Waals surface area contributed by atoms with Gasteiger partial charge < -0.3 is 10.1 Å². The Balaban J connectivity index is 2.87. The molecule has 1 atom stereocenters. The number of carboxylic acids is 1. The molecule has 1 aromatic heterocycles. The Labute approximate surface area is 84.6 Å². The normalized spacial score (nSPS) is 12.4. The van der Waals surface area contributed by atoms with Crippen molar-refractivity contribution < 1.29 is 9.90 Å². The van der Waals surface area contributed by atoms with Crippen molar-refractivity contribution in [1.82, 2.24) is 9.97 Å². The molecule has 2 N–H and O–H groups in total. The van der Waals surface area contributed by atoms with Crippen LogP contribution in [-0.4, -0.2) is 26.3 Å². The lowest BCUT2D eigenvalue weighted by molar-refractivity contribution is -0.136. The summed E-state index contributed by atoms with van der Waals surface area (Å²) in [7, 11) is 0. The summed E-state index contributed by atoms with van der Waals surface area (Å²) in [5.41, 5.74) is -0.266. The van der Waals surface area contributed by atoms with Crippen molar-refractivity contribution in [2.24, 2.45) is 0 Å². The van der Waals surface area contributed by atoms with E-state index in [9.17, 15) is 9.59 Å². The summed E-state index contributed by atoms with van der Waals surface area (Å²) in [6.45, 7) is 3.20.